The Morgan fingerprint density at radius 2 is 0.625 bits per heavy atom. The van der Waals surface area contributed by atoms with Crippen molar-refractivity contribution < 1.29 is 131 Å². The normalized spacial score (nSPS) is 26.0. The SMILES string of the molecule is C.C.C.C.C.C.C.C.CC(C)(C)OC(=O)OC(CC1CC2CCC1C2)C(F)(F)F.CC(O)(CC1CC2CCC1C2)C(F)(F)F.CO[Si](C)(C)OC.CO[Si](C)(C)OC.CO[Si](C)(C)OC.CO[Si](C)(C)OC.OC(CC1CC2CCC1C2)(C(F)(F)F)C(F)(F)F.OC(CC1CC2CCC1C2)C(F)(F)F. The summed E-state index contributed by atoms with van der Waals surface area (Å²) in [6.07, 6.45) is -16.7. The van der Waals surface area contributed by atoms with Gasteiger partial charge in [-0.3, -0.25) is 0 Å². The zero-order valence-electron chi connectivity index (χ0n) is 60.2. The van der Waals surface area contributed by atoms with E-state index in [1.165, 1.54) is 12.8 Å². The smallest absolute Gasteiger partial charge is 0.429 e. The fourth-order valence-electron chi connectivity index (χ4n) is 13.6. The number of alkyl halides is 15. The number of aliphatic hydroxyl groups is 3. The van der Waals surface area contributed by atoms with Gasteiger partial charge in [0.25, 0.3) is 5.60 Å². The van der Waals surface area contributed by atoms with Crippen LogP contribution in [0.15, 0.2) is 0 Å². The number of carbonyl (C=O) groups excluding carboxylic acids is 1. The lowest BCUT2D eigenvalue weighted by atomic mass is 9.79. The molecule has 14 nitrogen and oxygen atoms in total. The summed E-state index contributed by atoms with van der Waals surface area (Å²) >= 11 is 0. The Bertz CT molecular complexity index is 2120. The van der Waals surface area contributed by atoms with Crippen molar-refractivity contribution in [2.45, 2.75) is 328 Å². The second-order valence-electron chi connectivity index (χ2n) is 30.1. The third kappa shape index (κ3) is 40.7. The Balaban J connectivity index is -0.000000173. The molecule has 638 valence electrons. The van der Waals surface area contributed by atoms with Gasteiger partial charge in [-0.25, -0.2) is 4.79 Å². The van der Waals surface area contributed by atoms with E-state index in [-0.39, 0.29) is 108 Å². The molecule has 104 heavy (non-hydrogen) atoms. The average molecular weight is 1620 g/mol. The van der Waals surface area contributed by atoms with Crippen molar-refractivity contribution in [3.8, 4) is 0 Å². The highest BCUT2D eigenvalue weighted by molar-refractivity contribution is 6.65. The summed E-state index contributed by atoms with van der Waals surface area (Å²) < 4.78 is 238. The molecule has 0 spiro atoms. The van der Waals surface area contributed by atoms with Crippen LogP contribution in [0.1, 0.15) is 216 Å². The molecule has 8 rings (SSSR count). The van der Waals surface area contributed by atoms with Gasteiger partial charge in [0.05, 0.1) is 0 Å². The zero-order valence-corrected chi connectivity index (χ0v) is 64.2. The van der Waals surface area contributed by atoms with Gasteiger partial charge in [0.15, 0.2) is 5.60 Å². The highest BCUT2D eigenvalue weighted by atomic mass is 28.4. The first kappa shape index (κ1) is 118. The van der Waals surface area contributed by atoms with Gasteiger partial charge in [-0.15, -0.1) is 0 Å². The van der Waals surface area contributed by atoms with E-state index in [0.717, 1.165) is 77.6 Å². The van der Waals surface area contributed by atoms with E-state index >= 15 is 0 Å². The van der Waals surface area contributed by atoms with Gasteiger partial charge in [0, 0.05) is 56.9 Å². The summed E-state index contributed by atoms with van der Waals surface area (Å²) in [5.41, 5.74) is -7.92. The number of rotatable bonds is 17. The fourth-order valence-corrected chi connectivity index (χ4v) is 14.3. The molecule has 0 aromatic heterocycles. The van der Waals surface area contributed by atoms with Crippen molar-refractivity contribution in [1.29, 1.82) is 0 Å². The number of hydrogen-bond donors (Lipinski definition) is 3. The van der Waals surface area contributed by atoms with Gasteiger partial charge in [0.2, 0.25) is 6.10 Å². The van der Waals surface area contributed by atoms with Gasteiger partial charge in [-0.05, 0) is 254 Å². The molecule has 33 heteroatoms. The van der Waals surface area contributed by atoms with Crippen LogP contribution in [0.2, 0.25) is 52.4 Å². The minimum atomic E-state index is -5.67. The van der Waals surface area contributed by atoms with Crippen LogP contribution >= 0.6 is 0 Å². The minimum absolute atomic E-state index is 0. The molecule has 0 radical (unpaired) electrons. The molecule has 8 bridgehead atoms. The molecular weight excluding hydrogens is 1470 g/mol. The molecule has 0 aromatic carbocycles. The maximum absolute atomic E-state index is 13.1. The van der Waals surface area contributed by atoms with E-state index in [9.17, 15) is 75.8 Å². The molecule has 8 saturated carbocycles. The number of fused-ring (bicyclic) bond motifs is 8. The Labute approximate surface area is 624 Å². The van der Waals surface area contributed by atoms with Crippen LogP contribution < -0.4 is 0 Å². The summed E-state index contributed by atoms with van der Waals surface area (Å²) in [4.78, 5) is 11.5. The molecule has 15 unspecified atom stereocenters. The Morgan fingerprint density at radius 3 is 0.808 bits per heavy atom. The van der Waals surface area contributed by atoms with Crippen LogP contribution in [0.25, 0.3) is 0 Å². The summed E-state index contributed by atoms with van der Waals surface area (Å²) in [7, 11) is 6.81. The number of aliphatic hydroxyl groups excluding tert-OH is 1. The summed E-state index contributed by atoms with van der Waals surface area (Å²) in [6.45, 7) is 21.6. The van der Waals surface area contributed by atoms with Crippen LogP contribution in [0, 0.1) is 71.0 Å². The van der Waals surface area contributed by atoms with E-state index in [2.05, 4.69) is 4.74 Å². The zero-order chi connectivity index (χ0) is 74.9. The topological polar surface area (TPSA) is 170 Å². The lowest BCUT2D eigenvalue weighted by molar-refractivity contribution is -0.373. The van der Waals surface area contributed by atoms with Crippen LogP contribution in [-0.2, 0) is 44.9 Å². The molecule has 8 aliphatic rings. The highest BCUT2D eigenvalue weighted by Crippen LogP contribution is 2.57. The molecule has 8 aliphatic carbocycles. The first-order chi connectivity index (χ1) is 43.3. The maximum atomic E-state index is 13.1. The minimum Gasteiger partial charge on any atom is -0.429 e. The second kappa shape index (κ2) is 48.5. The summed E-state index contributed by atoms with van der Waals surface area (Å²) in [6, 6.07) is 0. The largest absolute Gasteiger partial charge is 0.509 e. The van der Waals surface area contributed by atoms with Gasteiger partial charge in [-0.2, -0.15) is 65.9 Å². The molecular formula is C71H149F15O14Si4. The van der Waals surface area contributed by atoms with E-state index in [1.54, 1.807) is 77.6 Å². The van der Waals surface area contributed by atoms with Gasteiger partial charge < -0.3 is 60.2 Å². The number of carbonyl (C=O) groups is 1. The third-order valence-electron chi connectivity index (χ3n) is 20.7. The lowest BCUT2D eigenvalue weighted by Crippen LogP contribution is -2.58. The first-order valence-electron chi connectivity index (χ1n) is 33.1. The molecule has 15 atom stereocenters. The molecule has 0 amide bonds. The average Bonchev–Trinajstić information content (AvgIpc) is 0.824. The lowest BCUT2D eigenvalue weighted by Gasteiger charge is -2.36. The van der Waals surface area contributed by atoms with Gasteiger partial charge in [0.1, 0.15) is 11.7 Å². The monoisotopic (exact) mass is 1620 g/mol. The van der Waals surface area contributed by atoms with E-state index in [0.29, 0.717) is 54.8 Å². The number of halogens is 15. The first-order valence-corrected chi connectivity index (χ1v) is 44.4. The Kier molecular flexibility index (Phi) is 55.3. The Morgan fingerprint density at radius 1 is 0.375 bits per heavy atom. The maximum Gasteiger partial charge on any atom is 0.509 e. The summed E-state index contributed by atoms with van der Waals surface area (Å²) in [5.74, 6) is 2.78. The molecule has 0 heterocycles. The predicted octanol–water partition coefficient (Wildman–Crippen LogP) is 23.2. The Hall–Kier alpha value is -1.35. The quantitative estimate of drug-likeness (QED) is 0.0714. The van der Waals surface area contributed by atoms with Crippen molar-refractivity contribution in [2.75, 3.05) is 56.9 Å². The predicted molar refractivity (Wildman–Crippen MR) is 397 cm³/mol. The molecule has 8 fully saturated rings. The third-order valence-corrected chi connectivity index (χ3v) is 28.5. The second-order valence-corrected chi connectivity index (χ2v) is 44.6. The highest BCUT2D eigenvalue weighted by Gasteiger charge is 2.71. The molecule has 0 aromatic rings. The van der Waals surface area contributed by atoms with Crippen LogP contribution in [-0.4, -0.2) is 172 Å². The molecule has 3 N–H and O–H groups in total. The molecule has 0 saturated heterocycles. The van der Waals surface area contributed by atoms with E-state index < -0.39 is 113 Å². The van der Waals surface area contributed by atoms with Crippen LogP contribution in [0.3, 0.4) is 0 Å². The van der Waals surface area contributed by atoms with E-state index in [1.807, 2.05) is 52.4 Å². The molecule has 0 aliphatic heterocycles. The van der Waals surface area contributed by atoms with Crippen molar-refractivity contribution in [2.24, 2.45) is 71.0 Å². The number of ether oxygens (including phenoxy) is 2. The van der Waals surface area contributed by atoms with Gasteiger partial charge in [-0.1, -0.05) is 85.1 Å². The van der Waals surface area contributed by atoms with Crippen molar-refractivity contribution in [3.63, 3.8) is 0 Å². The van der Waals surface area contributed by atoms with Crippen molar-refractivity contribution in [1.82, 2.24) is 0 Å². The van der Waals surface area contributed by atoms with Crippen LogP contribution in [0.5, 0.6) is 0 Å². The van der Waals surface area contributed by atoms with Crippen molar-refractivity contribution >= 4 is 40.4 Å². The van der Waals surface area contributed by atoms with Crippen LogP contribution in [0.4, 0.5) is 70.7 Å². The van der Waals surface area contributed by atoms with Crippen molar-refractivity contribution in [3.05, 3.63) is 0 Å². The standard InChI is InChI=1S/C15H23F3O3.C11H14F6O.C11H17F3O.C10H15F3O.4C4H12O2Si.8CH4/c1-14(2,3)21-13(19)20-12(15(16,17)18)8-11-7-9-4-5-10(11)6-9;12-10(13,14)9(18,11(15,16)17)5-8-4-6-1-2-7(8)3-6;1-10(15,11(12,13)14)6-9-5-7-2-3-8(9)4-7;11-10(12,13)9(14)5-8-4-6-1-2-7(8)3-6;4*1-5-7(3,4)6-2;;;;;;;;/h9-12H,4-8H2,1-3H3;6-8,18H,1-5H2;7-9,15H,2-6H2,1H3;6-9,14H,1-5H2;4*1-4H3;8*1H4. The summed E-state index contributed by atoms with van der Waals surface area (Å²) in [5, 5.41) is 27.5. The fraction of sp³-hybridized carbons (Fsp3) is 0.986. The number of hydrogen-bond acceptors (Lipinski definition) is 14. The van der Waals surface area contributed by atoms with E-state index in [4.69, 9.17) is 50.4 Å². The van der Waals surface area contributed by atoms with Gasteiger partial charge >= 0.3 is 71.3 Å².